The number of H-pyrrole nitrogens is 1. The van der Waals surface area contributed by atoms with Crippen molar-refractivity contribution in [3.8, 4) is 11.5 Å². The molecule has 1 amide bonds. The molecule has 132 valence electrons. The van der Waals surface area contributed by atoms with E-state index >= 15 is 0 Å². The monoisotopic (exact) mass is 353 g/mol. The number of nitro groups is 1. The van der Waals surface area contributed by atoms with E-state index in [0.717, 1.165) is 5.39 Å². The van der Waals surface area contributed by atoms with Gasteiger partial charge in [0.1, 0.15) is 17.2 Å². The molecule has 0 radical (unpaired) electrons. The van der Waals surface area contributed by atoms with E-state index in [1.807, 2.05) is 0 Å². The number of non-ortho nitro benzene ring substituents is 1. The number of nitrogens with zero attached hydrogens (tertiary/aromatic N) is 2. The number of nitro benzene ring substituents is 1. The van der Waals surface area contributed by atoms with Gasteiger partial charge in [-0.1, -0.05) is 6.07 Å². The Bertz CT molecular complexity index is 1020. The van der Waals surface area contributed by atoms with Crippen molar-refractivity contribution in [1.82, 2.24) is 10.3 Å². The van der Waals surface area contributed by atoms with Crippen LogP contribution in [0, 0.1) is 10.1 Å². The largest absolute Gasteiger partial charge is 0.457 e. The van der Waals surface area contributed by atoms with Crippen molar-refractivity contribution in [2.45, 2.75) is 0 Å². The number of rotatable bonds is 4. The lowest BCUT2D eigenvalue weighted by atomic mass is 10.2. The minimum atomic E-state index is -0.489. The van der Waals surface area contributed by atoms with Crippen LogP contribution >= 0.6 is 0 Å². The van der Waals surface area contributed by atoms with Gasteiger partial charge in [0.05, 0.1) is 11.0 Å². The Hall–Kier alpha value is -3.88. The SMILES string of the molecule is CN=C(N)NC(=O)c1cc2ccc(Oc3cccc([N+](=O)[O-])c3)cc2[nH]1. The minimum absolute atomic E-state index is 0.0170. The summed E-state index contributed by atoms with van der Waals surface area (Å²) < 4.78 is 5.66. The summed E-state index contributed by atoms with van der Waals surface area (Å²) in [6, 6.07) is 12.7. The van der Waals surface area contributed by atoms with Crippen LogP contribution in [0.5, 0.6) is 11.5 Å². The van der Waals surface area contributed by atoms with E-state index < -0.39 is 10.8 Å². The smallest absolute Gasteiger partial charge is 0.274 e. The lowest BCUT2D eigenvalue weighted by Crippen LogP contribution is -2.36. The quantitative estimate of drug-likeness (QED) is 0.287. The van der Waals surface area contributed by atoms with Crippen LogP contribution in [0.4, 0.5) is 5.69 Å². The van der Waals surface area contributed by atoms with Crippen molar-refractivity contribution in [2.24, 2.45) is 10.7 Å². The van der Waals surface area contributed by atoms with Crippen LogP contribution in [0.15, 0.2) is 53.5 Å². The number of nitrogens with one attached hydrogen (secondary N) is 2. The number of aromatic nitrogens is 1. The summed E-state index contributed by atoms with van der Waals surface area (Å²) in [5.41, 5.74) is 6.42. The summed E-state index contributed by atoms with van der Waals surface area (Å²) in [6.45, 7) is 0. The number of fused-ring (bicyclic) bond motifs is 1. The summed E-state index contributed by atoms with van der Waals surface area (Å²) in [6.07, 6.45) is 0. The van der Waals surface area contributed by atoms with Gasteiger partial charge in [0.15, 0.2) is 5.96 Å². The van der Waals surface area contributed by atoms with E-state index in [2.05, 4.69) is 15.3 Å². The van der Waals surface area contributed by atoms with Crippen LogP contribution in [0.3, 0.4) is 0 Å². The van der Waals surface area contributed by atoms with E-state index in [-0.39, 0.29) is 11.6 Å². The van der Waals surface area contributed by atoms with Crippen LogP contribution in [-0.2, 0) is 0 Å². The molecular weight excluding hydrogens is 338 g/mol. The third-order valence-electron chi connectivity index (χ3n) is 3.59. The highest BCUT2D eigenvalue weighted by molar-refractivity contribution is 6.06. The molecule has 9 nitrogen and oxygen atoms in total. The number of amides is 1. The molecule has 0 unspecified atom stereocenters. The normalized spacial score (nSPS) is 11.3. The van der Waals surface area contributed by atoms with Crippen molar-refractivity contribution in [2.75, 3.05) is 7.05 Å². The maximum Gasteiger partial charge on any atom is 0.274 e. The van der Waals surface area contributed by atoms with Crippen LogP contribution in [0.25, 0.3) is 10.9 Å². The summed E-state index contributed by atoms with van der Waals surface area (Å²) in [5, 5.41) is 14.1. The molecule has 0 spiro atoms. The first-order valence-corrected chi connectivity index (χ1v) is 7.55. The van der Waals surface area contributed by atoms with Gasteiger partial charge in [0.2, 0.25) is 0 Å². The highest BCUT2D eigenvalue weighted by Crippen LogP contribution is 2.28. The van der Waals surface area contributed by atoms with E-state index in [9.17, 15) is 14.9 Å². The topological polar surface area (TPSA) is 136 Å². The Morgan fingerprint density at radius 1 is 1.23 bits per heavy atom. The number of guanidine groups is 1. The molecule has 9 heteroatoms. The molecule has 4 N–H and O–H groups in total. The van der Waals surface area contributed by atoms with Gasteiger partial charge in [0.25, 0.3) is 11.6 Å². The third kappa shape index (κ3) is 3.61. The van der Waals surface area contributed by atoms with E-state index in [0.29, 0.717) is 22.7 Å². The maximum absolute atomic E-state index is 12.1. The maximum atomic E-state index is 12.1. The predicted molar refractivity (Wildman–Crippen MR) is 96.5 cm³/mol. The molecular formula is C17H15N5O4. The average Bonchev–Trinajstić information content (AvgIpc) is 3.05. The molecule has 1 heterocycles. The zero-order chi connectivity index (χ0) is 18.7. The Kier molecular flexibility index (Phi) is 4.52. The lowest BCUT2D eigenvalue weighted by Gasteiger charge is -2.05. The number of hydrogen-bond acceptors (Lipinski definition) is 5. The number of carbonyl (C=O) groups is 1. The van der Waals surface area contributed by atoms with Gasteiger partial charge in [0, 0.05) is 30.1 Å². The number of ether oxygens (including phenoxy) is 1. The molecule has 2 aromatic carbocycles. The standard InChI is InChI=1S/C17H15N5O4/c1-19-17(18)21-16(23)15-7-10-5-6-13(9-14(10)20-15)26-12-4-2-3-11(8-12)22(24)25/h2-9,20H,1H3,(H3,18,19,21,23). The molecule has 0 bridgehead atoms. The summed E-state index contributed by atoms with van der Waals surface area (Å²) in [4.78, 5) is 29.0. The number of aromatic amines is 1. The molecule has 0 aliphatic carbocycles. The van der Waals surface area contributed by atoms with Gasteiger partial charge in [-0.05, 0) is 24.3 Å². The first-order valence-electron chi connectivity index (χ1n) is 7.55. The second kappa shape index (κ2) is 6.93. The van der Waals surface area contributed by atoms with Crippen molar-refractivity contribution in [1.29, 1.82) is 0 Å². The zero-order valence-electron chi connectivity index (χ0n) is 13.7. The van der Waals surface area contributed by atoms with Crippen molar-refractivity contribution in [3.05, 3.63) is 64.3 Å². The van der Waals surface area contributed by atoms with Crippen LogP contribution in [0.1, 0.15) is 10.5 Å². The lowest BCUT2D eigenvalue weighted by molar-refractivity contribution is -0.384. The zero-order valence-corrected chi connectivity index (χ0v) is 13.7. The molecule has 3 aromatic rings. The van der Waals surface area contributed by atoms with Gasteiger partial charge in [-0.3, -0.25) is 25.2 Å². The number of benzene rings is 2. The fourth-order valence-electron chi connectivity index (χ4n) is 2.33. The average molecular weight is 353 g/mol. The van der Waals surface area contributed by atoms with Crippen LogP contribution < -0.4 is 15.8 Å². The molecule has 26 heavy (non-hydrogen) atoms. The predicted octanol–water partition coefficient (Wildman–Crippen LogP) is 2.54. The summed E-state index contributed by atoms with van der Waals surface area (Å²) in [7, 11) is 1.47. The van der Waals surface area contributed by atoms with Gasteiger partial charge < -0.3 is 15.5 Å². The van der Waals surface area contributed by atoms with E-state index in [1.54, 1.807) is 36.4 Å². The van der Waals surface area contributed by atoms with Crippen molar-refractivity contribution < 1.29 is 14.5 Å². The van der Waals surface area contributed by atoms with Crippen LogP contribution in [0.2, 0.25) is 0 Å². The first kappa shape index (κ1) is 17.0. The summed E-state index contributed by atoms with van der Waals surface area (Å²) in [5.74, 6) is 0.422. The molecule has 3 rings (SSSR count). The third-order valence-corrected chi connectivity index (χ3v) is 3.59. The Labute approximate surface area is 147 Å². The number of hydrogen-bond donors (Lipinski definition) is 3. The van der Waals surface area contributed by atoms with Crippen LogP contribution in [-0.4, -0.2) is 28.8 Å². The number of nitrogens with two attached hydrogens (primary N) is 1. The minimum Gasteiger partial charge on any atom is -0.457 e. The fraction of sp³-hybridized carbons (Fsp3) is 0.0588. The van der Waals surface area contributed by atoms with Gasteiger partial charge >= 0.3 is 0 Å². The van der Waals surface area contributed by atoms with Gasteiger partial charge in [-0.15, -0.1) is 0 Å². The van der Waals surface area contributed by atoms with Crippen molar-refractivity contribution in [3.63, 3.8) is 0 Å². The molecule has 0 saturated heterocycles. The van der Waals surface area contributed by atoms with Crippen molar-refractivity contribution >= 4 is 28.5 Å². The molecule has 0 atom stereocenters. The highest BCUT2D eigenvalue weighted by Gasteiger charge is 2.12. The van der Waals surface area contributed by atoms with E-state index in [1.165, 1.54) is 19.2 Å². The van der Waals surface area contributed by atoms with Gasteiger partial charge in [-0.2, -0.15) is 0 Å². The Balaban J connectivity index is 1.84. The highest BCUT2D eigenvalue weighted by atomic mass is 16.6. The second-order valence-corrected chi connectivity index (χ2v) is 5.35. The Morgan fingerprint density at radius 3 is 2.73 bits per heavy atom. The first-order chi connectivity index (χ1) is 12.5. The van der Waals surface area contributed by atoms with Gasteiger partial charge in [-0.25, -0.2) is 0 Å². The fourth-order valence-corrected chi connectivity index (χ4v) is 2.33. The van der Waals surface area contributed by atoms with E-state index in [4.69, 9.17) is 10.5 Å². The second-order valence-electron chi connectivity index (χ2n) is 5.35. The Morgan fingerprint density at radius 2 is 2.00 bits per heavy atom. The molecule has 0 aliphatic rings. The molecule has 0 aliphatic heterocycles. The molecule has 0 fully saturated rings. The number of aliphatic imine (C=N–C) groups is 1. The molecule has 0 saturated carbocycles. The number of carbonyl (C=O) groups excluding carboxylic acids is 1. The summed E-state index contributed by atoms with van der Waals surface area (Å²) >= 11 is 0. The molecule has 1 aromatic heterocycles.